The van der Waals surface area contributed by atoms with Gasteiger partial charge in [0.15, 0.2) is 0 Å². The third-order valence-corrected chi connectivity index (χ3v) is 5.41. The van der Waals surface area contributed by atoms with E-state index in [-0.39, 0.29) is 5.91 Å². The van der Waals surface area contributed by atoms with Crippen LogP contribution in [-0.4, -0.2) is 58.0 Å². The van der Waals surface area contributed by atoms with E-state index in [1.165, 1.54) is 0 Å². The number of nitrogens with zero attached hydrogens (tertiary/aromatic N) is 4. The molecule has 0 spiro atoms. The summed E-state index contributed by atoms with van der Waals surface area (Å²) in [5.41, 5.74) is 1.83. The summed E-state index contributed by atoms with van der Waals surface area (Å²) in [6, 6.07) is 17.4. The zero-order valence-corrected chi connectivity index (χ0v) is 16.4. The van der Waals surface area contributed by atoms with E-state index in [2.05, 4.69) is 26.6 Å². The lowest BCUT2D eigenvalue weighted by Gasteiger charge is -2.34. The second-order valence-electron chi connectivity index (χ2n) is 6.95. The molecule has 0 radical (unpaired) electrons. The molecular formula is C22H23ClN4O. The Labute approximate surface area is 170 Å². The van der Waals surface area contributed by atoms with Crippen LogP contribution in [0.2, 0.25) is 5.02 Å². The van der Waals surface area contributed by atoms with Gasteiger partial charge < -0.3 is 9.47 Å². The van der Waals surface area contributed by atoms with Crippen molar-refractivity contribution in [3.8, 4) is 11.4 Å². The smallest absolute Gasteiger partial charge is 0.253 e. The number of benzene rings is 2. The Kier molecular flexibility index (Phi) is 5.74. The Morgan fingerprint density at radius 1 is 0.929 bits per heavy atom. The molecule has 0 aliphatic carbocycles. The van der Waals surface area contributed by atoms with Crippen LogP contribution in [0.3, 0.4) is 0 Å². The van der Waals surface area contributed by atoms with Gasteiger partial charge in [-0.05, 0) is 24.3 Å². The molecule has 4 rings (SSSR count). The number of hydrogen-bond donors (Lipinski definition) is 0. The molecule has 2 aromatic carbocycles. The van der Waals surface area contributed by atoms with Crippen LogP contribution in [0.25, 0.3) is 11.4 Å². The van der Waals surface area contributed by atoms with E-state index in [4.69, 9.17) is 11.6 Å². The number of piperazine rings is 1. The van der Waals surface area contributed by atoms with Crippen LogP contribution in [0.1, 0.15) is 10.4 Å². The van der Waals surface area contributed by atoms with Gasteiger partial charge in [-0.15, -0.1) is 0 Å². The third kappa shape index (κ3) is 4.26. The molecule has 1 aliphatic heterocycles. The summed E-state index contributed by atoms with van der Waals surface area (Å²) >= 11 is 5.91. The van der Waals surface area contributed by atoms with Crippen molar-refractivity contribution < 1.29 is 4.79 Å². The van der Waals surface area contributed by atoms with Gasteiger partial charge in [0.05, 0.1) is 0 Å². The van der Waals surface area contributed by atoms with Gasteiger partial charge >= 0.3 is 0 Å². The van der Waals surface area contributed by atoms with E-state index in [9.17, 15) is 4.79 Å². The summed E-state index contributed by atoms with van der Waals surface area (Å²) in [5, 5.41) is 0.649. The molecule has 0 N–H and O–H groups in total. The molecule has 1 aromatic heterocycles. The minimum absolute atomic E-state index is 0.0808. The highest BCUT2D eigenvalue weighted by Gasteiger charge is 2.22. The van der Waals surface area contributed by atoms with Crippen LogP contribution in [0.15, 0.2) is 67.0 Å². The fourth-order valence-electron chi connectivity index (χ4n) is 3.54. The Morgan fingerprint density at radius 2 is 1.64 bits per heavy atom. The molecular weight excluding hydrogens is 372 g/mol. The number of imidazole rings is 1. The van der Waals surface area contributed by atoms with Gasteiger partial charge in [-0.1, -0.05) is 41.9 Å². The lowest BCUT2D eigenvalue weighted by molar-refractivity contribution is 0.0633. The first kappa shape index (κ1) is 18.7. The summed E-state index contributed by atoms with van der Waals surface area (Å²) in [4.78, 5) is 21.4. The molecule has 28 heavy (non-hydrogen) atoms. The van der Waals surface area contributed by atoms with Gasteiger partial charge in [0.2, 0.25) is 0 Å². The number of rotatable bonds is 5. The van der Waals surface area contributed by atoms with Crippen LogP contribution in [-0.2, 0) is 6.54 Å². The van der Waals surface area contributed by atoms with Crippen molar-refractivity contribution in [1.82, 2.24) is 19.4 Å². The summed E-state index contributed by atoms with van der Waals surface area (Å²) in [7, 11) is 0. The largest absolute Gasteiger partial charge is 0.336 e. The summed E-state index contributed by atoms with van der Waals surface area (Å²) in [6.45, 7) is 5.09. The van der Waals surface area contributed by atoms with E-state index in [0.717, 1.165) is 50.7 Å². The van der Waals surface area contributed by atoms with E-state index >= 15 is 0 Å². The fraction of sp³-hybridized carbons (Fsp3) is 0.273. The molecule has 2 heterocycles. The molecule has 5 nitrogen and oxygen atoms in total. The van der Waals surface area contributed by atoms with Gasteiger partial charge in [-0.3, -0.25) is 9.69 Å². The normalized spacial score (nSPS) is 15.0. The number of amides is 1. The Balaban J connectivity index is 1.30. The highest BCUT2D eigenvalue weighted by Crippen LogP contribution is 2.17. The van der Waals surface area contributed by atoms with Crippen LogP contribution in [0, 0.1) is 0 Å². The molecule has 0 atom stereocenters. The lowest BCUT2D eigenvalue weighted by Crippen LogP contribution is -2.49. The maximum Gasteiger partial charge on any atom is 0.253 e. The number of carbonyl (C=O) groups is 1. The number of halogens is 1. The highest BCUT2D eigenvalue weighted by atomic mass is 35.5. The summed E-state index contributed by atoms with van der Waals surface area (Å²) < 4.78 is 2.20. The quantitative estimate of drug-likeness (QED) is 0.663. The highest BCUT2D eigenvalue weighted by molar-refractivity contribution is 6.30. The molecule has 1 amide bonds. The average molecular weight is 395 g/mol. The van der Waals surface area contributed by atoms with Crippen molar-refractivity contribution in [1.29, 1.82) is 0 Å². The number of aromatic nitrogens is 2. The minimum atomic E-state index is 0.0808. The van der Waals surface area contributed by atoms with Gasteiger partial charge in [-0.25, -0.2) is 4.98 Å². The van der Waals surface area contributed by atoms with Crippen molar-refractivity contribution in [3.63, 3.8) is 0 Å². The Hall–Kier alpha value is -2.63. The van der Waals surface area contributed by atoms with Crippen molar-refractivity contribution in [2.45, 2.75) is 6.54 Å². The molecule has 0 unspecified atom stereocenters. The van der Waals surface area contributed by atoms with Crippen LogP contribution < -0.4 is 0 Å². The Bertz CT molecular complexity index is 915. The number of carbonyl (C=O) groups excluding carboxylic acids is 1. The van der Waals surface area contributed by atoms with E-state index in [0.29, 0.717) is 10.6 Å². The topological polar surface area (TPSA) is 41.4 Å². The zero-order valence-electron chi connectivity index (χ0n) is 15.7. The maximum atomic E-state index is 12.6. The summed E-state index contributed by atoms with van der Waals surface area (Å²) in [6.07, 6.45) is 3.88. The molecule has 6 heteroatoms. The maximum absolute atomic E-state index is 12.6. The van der Waals surface area contributed by atoms with Gasteiger partial charge in [0.1, 0.15) is 5.82 Å². The minimum Gasteiger partial charge on any atom is -0.336 e. The Morgan fingerprint density at radius 3 is 2.36 bits per heavy atom. The van der Waals surface area contributed by atoms with Crippen LogP contribution in [0.4, 0.5) is 0 Å². The average Bonchev–Trinajstić information content (AvgIpc) is 3.22. The van der Waals surface area contributed by atoms with E-state index in [1.807, 2.05) is 35.5 Å². The van der Waals surface area contributed by atoms with Gasteiger partial charge in [0, 0.05) is 67.8 Å². The van der Waals surface area contributed by atoms with E-state index < -0.39 is 0 Å². The van der Waals surface area contributed by atoms with Crippen molar-refractivity contribution >= 4 is 17.5 Å². The predicted molar refractivity (Wildman–Crippen MR) is 111 cm³/mol. The van der Waals surface area contributed by atoms with Crippen molar-refractivity contribution in [2.75, 3.05) is 32.7 Å². The molecule has 1 saturated heterocycles. The molecule has 144 valence electrons. The third-order valence-electron chi connectivity index (χ3n) is 5.16. The van der Waals surface area contributed by atoms with Gasteiger partial charge in [0.25, 0.3) is 5.91 Å². The zero-order chi connectivity index (χ0) is 19.3. The lowest BCUT2D eigenvalue weighted by atomic mass is 10.2. The predicted octanol–water partition coefficient (Wildman–Crippen LogP) is 3.66. The SMILES string of the molecule is O=C(c1ccc(Cl)cc1)N1CCN(CCn2ccnc2-c2ccccc2)CC1. The molecule has 0 saturated carbocycles. The van der Waals surface area contributed by atoms with E-state index in [1.54, 1.807) is 24.3 Å². The monoisotopic (exact) mass is 394 g/mol. The fourth-order valence-corrected chi connectivity index (χ4v) is 3.66. The standard InChI is InChI=1S/C22H23ClN4O/c23-20-8-6-19(7-9-20)22(28)27-16-13-25(14-17-27)12-15-26-11-10-24-21(26)18-4-2-1-3-5-18/h1-11H,12-17H2. The van der Waals surface area contributed by atoms with Crippen LogP contribution >= 0.6 is 11.6 Å². The second-order valence-corrected chi connectivity index (χ2v) is 7.39. The second kappa shape index (κ2) is 8.59. The number of hydrogen-bond acceptors (Lipinski definition) is 3. The molecule has 3 aromatic rings. The first-order valence-electron chi connectivity index (χ1n) is 9.54. The molecule has 1 fully saturated rings. The van der Waals surface area contributed by atoms with Crippen molar-refractivity contribution in [3.05, 3.63) is 77.6 Å². The van der Waals surface area contributed by atoms with Gasteiger partial charge in [-0.2, -0.15) is 0 Å². The first-order valence-corrected chi connectivity index (χ1v) is 9.92. The summed E-state index contributed by atoms with van der Waals surface area (Å²) in [5.74, 6) is 1.08. The van der Waals surface area contributed by atoms with Crippen molar-refractivity contribution in [2.24, 2.45) is 0 Å². The molecule has 0 bridgehead atoms. The van der Waals surface area contributed by atoms with Crippen LogP contribution in [0.5, 0.6) is 0 Å². The molecule has 1 aliphatic rings. The first-order chi connectivity index (χ1) is 13.7.